The molecule has 0 spiro atoms. The van der Waals surface area contributed by atoms with Crippen molar-refractivity contribution in [1.29, 1.82) is 0 Å². The second kappa shape index (κ2) is 8.89. The molecule has 0 rings (SSSR count). The molecule has 0 aromatic rings. The molecule has 0 fully saturated rings. The van der Waals surface area contributed by atoms with Gasteiger partial charge in [0.15, 0.2) is 0 Å². The topological polar surface area (TPSA) is 0 Å². The van der Waals surface area contributed by atoms with Crippen molar-refractivity contribution in [1.82, 2.24) is 0 Å². The molecule has 0 atom stereocenters. The molecule has 0 amide bonds. The van der Waals surface area contributed by atoms with Crippen LogP contribution < -0.4 is 0 Å². The molecular formula is C2H7AsZn. The average Bonchev–Trinajstić information content (AvgIpc) is 0.918. The summed E-state index contributed by atoms with van der Waals surface area (Å²) in [6, 6.07) is 0. The van der Waals surface area contributed by atoms with Crippen LogP contribution in [0.3, 0.4) is 0 Å². The van der Waals surface area contributed by atoms with E-state index in [4.69, 9.17) is 0 Å². The Bertz CT molecular complexity index is 6.00. The van der Waals surface area contributed by atoms with Gasteiger partial charge in [-0.1, -0.05) is 0 Å². The third-order valence-electron chi connectivity index (χ3n) is 0. The number of hydrogen-bond donors (Lipinski definition) is 0. The maximum atomic E-state index is 2.25. The fraction of sp³-hybridized carbons (Fsp3) is 1.00. The monoisotopic (exact) mass is 170 g/mol. The van der Waals surface area contributed by atoms with Gasteiger partial charge in [-0.2, -0.15) is 0 Å². The van der Waals surface area contributed by atoms with Crippen LogP contribution in [0.15, 0.2) is 0 Å². The van der Waals surface area contributed by atoms with Crippen molar-refractivity contribution in [2.24, 2.45) is 0 Å². The van der Waals surface area contributed by atoms with E-state index in [9.17, 15) is 0 Å². The molecule has 0 radical (unpaired) electrons. The van der Waals surface area contributed by atoms with Gasteiger partial charge in [-0.15, -0.1) is 0 Å². The third kappa shape index (κ3) is 10.8. The van der Waals surface area contributed by atoms with Crippen LogP contribution in [0.1, 0.15) is 0 Å². The summed E-state index contributed by atoms with van der Waals surface area (Å²) in [6.45, 7) is 0. The molecule has 0 unspecified atom stereocenters. The van der Waals surface area contributed by atoms with Crippen molar-refractivity contribution in [3.8, 4) is 0 Å². The largest absolute Gasteiger partial charge is 0 e. The summed E-state index contributed by atoms with van der Waals surface area (Å²) < 4.78 is 0. The Morgan fingerprint density at radius 2 is 1.25 bits per heavy atom. The zero-order valence-electron chi connectivity index (χ0n) is 3.21. The van der Waals surface area contributed by atoms with Crippen LogP contribution in [0.25, 0.3) is 0 Å². The van der Waals surface area contributed by atoms with Crippen LogP contribution in [0.4, 0.5) is 0 Å². The molecule has 0 aromatic heterocycles. The normalized spacial score (nSPS) is 4.50. The summed E-state index contributed by atoms with van der Waals surface area (Å²) in [5.41, 5.74) is 4.50. The van der Waals surface area contributed by atoms with Crippen LogP contribution in [0, 0.1) is 0 Å². The molecule has 4 heavy (non-hydrogen) atoms. The van der Waals surface area contributed by atoms with Gasteiger partial charge in [0, 0.05) is 19.5 Å². The van der Waals surface area contributed by atoms with Gasteiger partial charge in [-0.05, 0) is 0 Å². The van der Waals surface area contributed by atoms with Gasteiger partial charge in [0.25, 0.3) is 0 Å². The van der Waals surface area contributed by atoms with Crippen molar-refractivity contribution in [2.45, 2.75) is 11.4 Å². The van der Waals surface area contributed by atoms with Crippen LogP contribution in [-0.2, 0) is 19.5 Å². The van der Waals surface area contributed by atoms with Crippen LogP contribution in [0.5, 0.6) is 0 Å². The van der Waals surface area contributed by atoms with Crippen molar-refractivity contribution in [3.63, 3.8) is 0 Å². The molecule has 0 aromatic carbocycles. The molecule has 0 aliphatic carbocycles. The average molecular weight is 171 g/mol. The smallest absolute Gasteiger partial charge is 0 e. The van der Waals surface area contributed by atoms with Crippen molar-refractivity contribution >= 4 is 15.8 Å². The van der Waals surface area contributed by atoms with Crippen LogP contribution in [0.2, 0.25) is 11.4 Å². The predicted molar refractivity (Wildman–Crippen MR) is 18.9 cm³/mol. The molecule has 0 aliphatic heterocycles. The minimum Gasteiger partial charge on any atom is 0 e. The molecule has 0 saturated carbocycles. The van der Waals surface area contributed by atoms with Crippen molar-refractivity contribution in [2.75, 3.05) is 0 Å². The Morgan fingerprint density at radius 1 is 1.25 bits per heavy atom. The first-order valence-electron chi connectivity index (χ1n) is 1.00. The van der Waals surface area contributed by atoms with E-state index in [1.54, 1.807) is 0 Å². The summed E-state index contributed by atoms with van der Waals surface area (Å²) in [4.78, 5) is 0. The maximum absolute atomic E-state index is 2.25. The second-order valence-electron chi connectivity index (χ2n) is 0.500. The van der Waals surface area contributed by atoms with Crippen molar-refractivity contribution in [3.05, 3.63) is 0 Å². The SMILES string of the molecule is C[AsH]C.[Zn]. The fourth-order valence-corrected chi connectivity index (χ4v) is 0. The minimum atomic E-state index is 0. The summed E-state index contributed by atoms with van der Waals surface area (Å²) >= 11 is 0.500. The van der Waals surface area contributed by atoms with E-state index in [0.29, 0.717) is 15.8 Å². The van der Waals surface area contributed by atoms with Gasteiger partial charge in [0.1, 0.15) is 0 Å². The Kier molecular flexibility index (Phi) is 19.9. The zero-order valence-corrected chi connectivity index (χ0v) is 8.27. The first-order chi connectivity index (χ1) is 1.41. The number of hydrogen-bond acceptors (Lipinski definition) is 0. The van der Waals surface area contributed by atoms with E-state index < -0.39 is 0 Å². The molecule has 0 nitrogen and oxygen atoms in total. The Morgan fingerprint density at radius 3 is 1.25 bits per heavy atom. The van der Waals surface area contributed by atoms with E-state index in [2.05, 4.69) is 11.4 Å². The summed E-state index contributed by atoms with van der Waals surface area (Å²) in [6.07, 6.45) is 0. The Hall–Kier alpha value is 1.18. The standard InChI is InChI=1S/C2H7As.Zn/c1-3-2;/h3H,1-2H3;. The number of rotatable bonds is 0. The Balaban J connectivity index is 0. The maximum Gasteiger partial charge on any atom is 0 e. The molecular weight excluding hydrogens is 164 g/mol. The zero-order chi connectivity index (χ0) is 2.71. The minimum absolute atomic E-state index is 0. The molecule has 0 bridgehead atoms. The first kappa shape index (κ1) is 8.95. The summed E-state index contributed by atoms with van der Waals surface area (Å²) in [5.74, 6) is 0. The van der Waals surface area contributed by atoms with Gasteiger partial charge < -0.3 is 0 Å². The molecule has 0 saturated heterocycles. The predicted octanol–water partition coefficient (Wildman–Crippen LogP) is 0.517. The van der Waals surface area contributed by atoms with Gasteiger partial charge in [-0.25, -0.2) is 0 Å². The second-order valence-corrected chi connectivity index (χ2v) is 2.60. The first-order valence-corrected chi connectivity index (χ1v) is 5.20. The fourth-order valence-electron chi connectivity index (χ4n) is 0. The van der Waals surface area contributed by atoms with Gasteiger partial charge in [0.2, 0.25) is 0 Å². The third-order valence-corrected chi connectivity index (χ3v) is 0. The van der Waals surface area contributed by atoms with E-state index in [-0.39, 0.29) is 19.5 Å². The Labute approximate surface area is 46.8 Å². The van der Waals surface area contributed by atoms with E-state index in [1.165, 1.54) is 0 Å². The van der Waals surface area contributed by atoms with E-state index in [1.807, 2.05) is 0 Å². The van der Waals surface area contributed by atoms with Gasteiger partial charge in [-0.3, -0.25) is 0 Å². The quantitative estimate of drug-likeness (QED) is 0.466. The molecule has 0 aliphatic rings. The summed E-state index contributed by atoms with van der Waals surface area (Å²) in [5, 5.41) is 0. The molecule has 22 valence electrons. The van der Waals surface area contributed by atoms with Crippen LogP contribution in [-0.4, -0.2) is 15.8 Å². The van der Waals surface area contributed by atoms with E-state index >= 15 is 0 Å². The molecule has 0 N–H and O–H groups in total. The van der Waals surface area contributed by atoms with Crippen molar-refractivity contribution < 1.29 is 19.5 Å². The summed E-state index contributed by atoms with van der Waals surface area (Å²) in [7, 11) is 0. The van der Waals surface area contributed by atoms with Gasteiger partial charge >= 0.3 is 27.2 Å². The van der Waals surface area contributed by atoms with Gasteiger partial charge in [0.05, 0.1) is 0 Å². The van der Waals surface area contributed by atoms with E-state index in [0.717, 1.165) is 0 Å². The van der Waals surface area contributed by atoms with Crippen LogP contribution >= 0.6 is 0 Å². The molecule has 2 heteroatoms. The molecule has 0 heterocycles.